The van der Waals surface area contributed by atoms with Crippen LogP contribution in [0.15, 0.2) is 48.3 Å². The molecule has 1 aliphatic rings. The van der Waals surface area contributed by atoms with Crippen LogP contribution in [0.5, 0.6) is 5.75 Å². The number of nitrogen functional groups attached to an aromatic ring is 1. The number of nitrogens with two attached hydrogens (primary N) is 1. The van der Waals surface area contributed by atoms with Gasteiger partial charge in [0.2, 0.25) is 0 Å². The Morgan fingerprint density at radius 2 is 2.03 bits per heavy atom. The molecule has 7 nitrogen and oxygen atoms in total. The number of hydrogen-bond donors (Lipinski definition) is 1. The standard InChI is InChI=1S/C23H21N5O2S/c1-12-20-22(24)25-11-26-23(20)28(27-12)13(2)16-10-30-17-7-5-4-6-15(17)21(16)19-9-8-18(31-19)14(3)29/h4-9,11,13H,10H2,1-3H3,(H2,24,25,26). The molecule has 1 atom stereocenters. The molecule has 0 amide bonds. The van der Waals surface area contributed by atoms with E-state index in [2.05, 4.69) is 23.0 Å². The summed E-state index contributed by atoms with van der Waals surface area (Å²) in [6, 6.07) is 11.7. The molecule has 5 rings (SSSR count). The Morgan fingerprint density at radius 3 is 2.81 bits per heavy atom. The van der Waals surface area contributed by atoms with Gasteiger partial charge in [-0.1, -0.05) is 18.2 Å². The molecule has 31 heavy (non-hydrogen) atoms. The fraction of sp³-hybridized carbons (Fsp3) is 0.217. The minimum Gasteiger partial charge on any atom is -0.488 e. The number of benzene rings is 1. The first kappa shape index (κ1) is 19.4. The van der Waals surface area contributed by atoms with Crippen molar-refractivity contribution in [2.45, 2.75) is 26.8 Å². The van der Waals surface area contributed by atoms with E-state index in [1.165, 1.54) is 17.7 Å². The molecule has 0 saturated heterocycles. The minimum atomic E-state index is -0.142. The van der Waals surface area contributed by atoms with E-state index in [1.807, 2.05) is 41.9 Å². The molecule has 0 saturated carbocycles. The van der Waals surface area contributed by atoms with E-state index in [0.29, 0.717) is 18.1 Å². The minimum absolute atomic E-state index is 0.0627. The molecule has 0 spiro atoms. The van der Waals surface area contributed by atoms with Gasteiger partial charge in [0.25, 0.3) is 0 Å². The van der Waals surface area contributed by atoms with Crippen LogP contribution in [-0.4, -0.2) is 32.1 Å². The maximum absolute atomic E-state index is 11.9. The van der Waals surface area contributed by atoms with Gasteiger partial charge >= 0.3 is 0 Å². The van der Waals surface area contributed by atoms with Crippen molar-refractivity contribution in [3.8, 4) is 5.75 Å². The predicted octanol–water partition coefficient (Wildman–Crippen LogP) is 4.44. The summed E-state index contributed by atoms with van der Waals surface area (Å²) in [6.07, 6.45) is 1.46. The molecule has 0 bridgehead atoms. The van der Waals surface area contributed by atoms with Gasteiger partial charge in [0.15, 0.2) is 11.4 Å². The number of carbonyl (C=O) groups is 1. The van der Waals surface area contributed by atoms with Gasteiger partial charge in [0, 0.05) is 21.6 Å². The van der Waals surface area contributed by atoms with Crippen LogP contribution < -0.4 is 10.5 Å². The number of fused-ring (bicyclic) bond motifs is 2. The van der Waals surface area contributed by atoms with Crippen LogP contribution >= 0.6 is 11.3 Å². The van der Waals surface area contributed by atoms with Crippen LogP contribution in [0.25, 0.3) is 16.6 Å². The number of nitrogens with zero attached hydrogens (tertiary/aromatic N) is 4. The van der Waals surface area contributed by atoms with E-state index in [0.717, 1.165) is 43.3 Å². The van der Waals surface area contributed by atoms with Gasteiger partial charge in [-0.3, -0.25) is 4.79 Å². The number of rotatable bonds is 4. The summed E-state index contributed by atoms with van der Waals surface area (Å²) in [5, 5.41) is 5.50. The van der Waals surface area contributed by atoms with Crippen LogP contribution in [0.4, 0.5) is 5.82 Å². The van der Waals surface area contributed by atoms with Gasteiger partial charge in [-0.15, -0.1) is 11.3 Å². The van der Waals surface area contributed by atoms with Crippen LogP contribution in [0.2, 0.25) is 0 Å². The third kappa shape index (κ3) is 3.11. The SMILES string of the molecule is CC(=O)c1ccc(C2=C(C(C)n3nc(C)c4c(N)ncnc43)COc3ccccc32)s1. The molecule has 3 aromatic heterocycles. The first-order valence-electron chi connectivity index (χ1n) is 9.97. The van der Waals surface area contributed by atoms with E-state index < -0.39 is 0 Å². The molecule has 1 aromatic carbocycles. The van der Waals surface area contributed by atoms with Crippen molar-refractivity contribution in [3.05, 3.63) is 69.3 Å². The second-order valence-electron chi connectivity index (χ2n) is 7.57. The number of para-hydroxylation sites is 1. The quantitative estimate of drug-likeness (QED) is 0.480. The number of aromatic nitrogens is 4. The monoisotopic (exact) mass is 431 g/mol. The molecule has 8 heteroatoms. The zero-order chi connectivity index (χ0) is 21.7. The molecule has 0 fully saturated rings. The van der Waals surface area contributed by atoms with E-state index in [9.17, 15) is 4.79 Å². The Balaban J connectivity index is 1.74. The second-order valence-corrected chi connectivity index (χ2v) is 8.65. The molecule has 1 aliphatic heterocycles. The van der Waals surface area contributed by atoms with Crippen LogP contribution in [0, 0.1) is 6.92 Å². The molecule has 0 radical (unpaired) electrons. The highest BCUT2D eigenvalue weighted by Crippen LogP contribution is 2.43. The highest BCUT2D eigenvalue weighted by atomic mass is 32.1. The van der Waals surface area contributed by atoms with Crippen molar-refractivity contribution in [3.63, 3.8) is 0 Å². The number of ketones is 1. The normalized spacial score (nSPS) is 14.4. The zero-order valence-corrected chi connectivity index (χ0v) is 18.2. The van der Waals surface area contributed by atoms with Crippen molar-refractivity contribution in [2.75, 3.05) is 12.3 Å². The number of carbonyl (C=O) groups excluding carboxylic acids is 1. The summed E-state index contributed by atoms with van der Waals surface area (Å²) >= 11 is 1.50. The van der Waals surface area contributed by atoms with E-state index in [-0.39, 0.29) is 11.8 Å². The van der Waals surface area contributed by atoms with Crippen LogP contribution in [-0.2, 0) is 0 Å². The van der Waals surface area contributed by atoms with Gasteiger partial charge in [0.1, 0.15) is 24.5 Å². The van der Waals surface area contributed by atoms with E-state index >= 15 is 0 Å². The van der Waals surface area contributed by atoms with Crippen LogP contribution in [0.3, 0.4) is 0 Å². The number of hydrogen-bond acceptors (Lipinski definition) is 7. The highest BCUT2D eigenvalue weighted by Gasteiger charge is 2.28. The molecule has 4 heterocycles. The van der Waals surface area contributed by atoms with Crippen molar-refractivity contribution >= 4 is 39.5 Å². The number of aryl methyl sites for hydroxylation is 1. The van der Waals surface area contributed by atoms with Crippen molar-refractivity contribution < 1.29 is 9.53 Å². The molecule has 4 aromatic rings. The Hall–Kier alpha value is -3.52. The van der Waals surface area contributed by atoms with Gasteiger partial charge in [-0.05, 0) is 39.0 Å². The Bertz CT molecular complexity index is 1370. The topological polar surface area (TPSA) is 95.9 Å². The van der Waals surface area contributed by atoms with Crippen LogP contribution in [0.1, 0.15) is 45.7 Å². The van der Waals surface area contributed by atoms with Crippen molar-refractivity contribution in [2.24, 2.45) is 0 Å². The Kier molecular flexibility index (Phi) is 4.59. The number of anilines is 1. The molecular weight excluding hydrogens is 410 g/mol. The number of thiophene rings is 1. The maximum Gasteiger partial charge on any atom is 0.169 e. The predicted molar refractivity (Wildman–Crippen MR) is 121 cm³/mol. The summed E-state index contributed by atoms with van der Waals surface area (Å²) in [7, 11) is 0. The average Bonchev–Trinajstić information content (AvgIpc) is 3.38. The van der Waals surface area contributed by atoms with Gasteiger partial charge in [0.05, 0.1) is 22.0 Å². The molecular formula is C23H21N5O2S. The highest BCUT2D eigenvalue weighted by molar-refractivity contribution is 7.15. The fourth-order valence-electron chi connectivity index (χ4n) is 4.07. The zero-order valence-electron chi connectivity index (χ0n) is 17.4. The molecule has 2 N–H and O–H groups in total. The summed E-state index contributed by atoms with van der Waals surface area (Å²) in [6.45, 7) is 6.00. The lowest BCUT2D eigenvalue weighted by atomic mass is 9.92. The van der Waals surface area contributed by atoms with E-state index in [1.54, 1.807) is 6.92 Å². The van der Waals surface area contributed by atoms with Gasteiger partial charge < -0.3 is 10.5 Å². The second kappa shape index (κ2) is 7.31. The Morgan fingerprint density at radius 1 is 1.23 bits per heavy atom. The lowest BCUT2D eigenvalue weighted by Crippen LogP contribution is -2.20. The number of ether oxygens (including phenoxy) is 1. The van der Waals surface area contributed by atoms with Crippen molar-refractivity contribution in [1.29, 1.82) is 0 Å². The van der Waals surface area contributed by atoms with Crippen molar-refractivity contribution in [1.82, 2.24) is 19.7 Å². The van der Waals surface area contributed by atoms with Gasteiger partial charge in [-0.25, -0.2) is 14.6 Å². The summed E-state index contributed by atoms with van der Waals surface area (Å²) < 4.78 is 7.99. The average molecular weight is 432 g/mol. The summed E-state index contributed by atoms with van der Waals surface area (Å²) in [5.41, 5.74) is 10.7. The van der Waals surface area contributed by atoms with E-state index in [4.69, 9.17) is 15.6 Å². The molecule has 1 unspecified atom stereocenters. The fourth-order valence-corrected chi connectivity index (χ4v) is 5.06. The molecule has 156 valence electrons. The molecule has 0 aliphatic carbocycles. The first-order valence-corrected chi connectivity index (χ1v) is 10.8. The lowest BCUT2D eigenvalue weighted by molar-refractivity contribution is 0.102. The maximum atomic E-state index is 11.9. The summed E-state index contributed by atoms with van der Waals surface area (Å²) in [4.78, 5) is 22.3. The van der Waals surface area contributed by atoms with Gasteiger partial charge in [-0.2, -0.15) is 5.10 Å². The summed E-state index contributed by atoms with van der Waals surface area (Å²) in [5.74, 6) is 1.32. The lowest BCUT2D eigenvalue weighted by Gasteiger charge is -2.27. The third-order valence-electron chi connectivity index (χ3n) is 5.62. The largest absolute Gasteiger partial charge is 0.488 e. The number of Topliss-reactive ketones (excluding diaryl/α,β-unsaturated/α-hetero) is 1. The third-order valence-corrected chi connectivity index (χ3v) is 6.83. The Labute approximate surface area is 183 Å². The first-order chi connectivity index (χ1) is 15.0. The smallest absolute Gasteiger partial charge is 0.169 e.